The van der Waals surface area contributed by atoms with Gasteiger partial charge in [-0.1, -0.05) is 0 Å². The molecule has 2 aliphatic rings. The summed E-state index contributed by atoms with van der Waals surface area (Å²) >= 11 is 0. The zero-order valence-corrected chi connectivity index (χ0v) is 19.4. The maximum atomic E-state index is 12.3. The Labute approximate surface area is 203 Å². The predicted molar refractivity (Wildman–Crippen MR) is 108 cm³/mol. The lowest BCUT2D eigenvalue weighted by Gasteiger charge is -2.49. The minimum atomic E-state index is -5.28. The van der Waals surface area contributed by atoms with Crippen molar-refractivity contribution in [2.24, 2.45) is 0 Å². The number of carbonyl (C=O) groups excluding carboxylic acids is 1. The molecule has 0 bridgehead atoms. The Hall–Kier alpha value is -1.59. The van der Waals surface area contributed by atoms with Crippen LogP contribution in [0.3, 0.4) is 0 Å². The molecule has 0 aromatic heterocycles. The molecule has 2 saturated heterocycles. The third-order valence-electron chi connectivity index (χ3n) is 5.58. The first-order chi connectivity index (χ1) is 16.6. The summed E-state index contributed by atoms with van der Waals surface area (Å²) in [5.41, 5.74) is 0. The molecule has 0 aromatic rings. The smallest absolute Gasteiger partial charge is 0.397 e. The monoisotopic (exact) mass is 551 g/mol. The Morgan fingerprint density at radius 2 is 1.78 bits per heavy atom. The Balaban J connectivity index is 2.49. The van der Waals surface area contributed by atoms with Crippen LogP contribution in [-0.4, -0.2) is 146 Å². The van der Waals surface area contributed by atoms with Crippen molar-refractivity contribution in [1.29, 1.82) is 0 Å². The average molecular weight is 551 g/mol. The van der Waals surface area contributed by atoms with Crippen molar-refractivity contribution in [3.8, 4) is 0 Å². The Morgan fingerprint density at radius 3 is 2.25 bits per heavy atom. The van der Waals surface area contributed by atoms with E-state index >= 15 is 0 Å². The van der Waals surface area contributed by atoms with E-state index in [9.17, 15) is 58.9 Å². The minimum absolute atomic E-state index is 0.816. The summed E-state index contributed by atoms with van der Waals surface area (Å²) in [6, 6.07) is -1.66. The second-order valence-corrected chi connectivity index (χ2v) is 9.23. The van der Waals surface area contributed by atoms with E-state index in [0.29, 0.717) is 0 Å². The molecule has 0 saturated carbocycles. The normalized spacial score (nSPS) is 39.2. The second-order valence-electron chi connectivity index (χ2n) is 8.19. The second kappa shape index (κ2) is 11.9. The molecular weight excluding hydrogens is 522 g/mol. The highest BCUT2D eigenvalue weighted by Gasteiger charge is 2.59. The van der Waals surface area contributed by atoms with Gasteiger partial charge >= 0.3 is 16.4 Å². The van der Waals surface area contributed by atoms with Gasteiger partial charge in [-0.25, -0.2) is 8.98 Å². The van der Waals surface area contributed by atoms with Gasteiger partial charge in [0.2, 0.25) is 5.91 Å². The highest BCUT2D eigenvalue weighted by Crippen LogP contribution is 2.37. The number of amides is 1. The Morgan fingerprint density at radius 1 is 1.17 bits per heavy atom. The van der Waals surface area contributed by atoms with Crippen molar-refractivity contribution in [1.82, 2.24) is 5.32 Å². The van der Waals surface area contributed by atoms with Crippen molar-refractivity contribution in [2.45, 2.75) is 80.3 Å². The van der Waals surface area contributed by atoms with Crippen molar-refractivity contribution in [2.75, 3.05) is 13.2 Å². The number of carbonyl (C=O) groups is 2. The molecule has 2 aliphatic heterocycles. The van der Waals surface area contributed by atoms with Crippen LogP contribution in [0.5, 0.6) is 0 Å². The van der Waals surface area contributed by atoms with Crippen LogP contribution in [0.2, 0.25) is 0 Å². The van der Waals surface area contributed by atoms with Crippen LogP contribution < -0.4 is 5.32 Å². The maximum Gasteiger partial charge on any atom is 0.397 e. The summed E-state index contributed by atoms with van der Waals surface area (Å²) < 4.78 is 50.7. The molecule has 18 nitrogen and oxygen atoms in total. The van der Waals surface area contributed by atoms with E-state index in [1.165, 1.54) is 0 Å². The summed E-state index contributed by atoms with van der Waals surface area (Å²) in [5.74, 6) is -5.86. The summed E-state index contributed by atoms with van der Waals surface area (Å²) in [5, 5.41) is 82.5. The molecule has 36 heavy (non-hydrogen) atoms. The first-order valence-electron chi connectivity index (χ1n) is 10.4. The van der Waals surface area contributed by atoms with Gasteiger partial charge in [-0.15, -0.1) is 0 Å². The van der Waals surface area contributed by atoms with Gasteiger partial charge in [0.15, 0.2) is 6.29 Å². The van der Waals surface area contributed by atoms with Gasteiger partial charge in [-0.05, 0) is 0 Å². The summed E-state index contributed by atoms with van der Waals surface area (Å²) in [6.45, 7) is -1.20. The van der Waals surface area contributed by atoms with Gasteiger partial charge in [-0.2, -0.15) is 8.42 Å². The van der Waals surface area contributed by atoms with Gasteiger partial charge in [0, 0.05) is 13.3 Å². The zero-order chi connectivity index (χ0) is 27.6. The van der Waals surface area contributed by atoms with E-state index in [2.05, 4.69) is 9.50 Å². The topological polar surface area (TPSA) is 299 Å². The van der Waals surface area contributed by atoms with Crippen molar-refractivity contribution < 1.29 is 81.8 Å². The molecule has 11 atom stereocenters. The highest BCUT2D eigenvalue weighted by atomic mass is 32.3. The van der Waals surface area contributed by atoms with Crippen LogP contribution in [0.15, 0.2) is 0 Å². The quantitative estimate of drug-likeness (QED) is 0.113. The van der Waals surface area contributed by atoms with Gasteiger partial charge in [0.25, 0.3) is 5.79 Å². The molecule has 2 fully saturated rings. The highest BCUT2D eigenvalue weighted by molar-refractivity contribution is 7.80. The number of carboxylic acids is 1. The Kier molecular flexibility index (Phi) is 10.1. The molecule has 0 radical (unpaired) electrons. The van der Waals surface area contributed by atoms with Crippen LogP contribution in [0.1, 0.15) is 13.3 Å². The van der Waals surface area contributed by atoms with E-state index in [1.54, 1.807) is 0 Å². The van der Waals surface area contributed by atoms with Crippen molar-refractivity contribution in [3.05, 3.63) is 0 Å². The van der Waals surface area contributed by atoms with Gasteiger partial charge in [0.1, 0.15) is 42.7 Å². The molecule has 1 amide bonds. The lowest BCUT2D eigenvalue weighted by molar-refractivity contribution is -0.365. The third kappa shape index (κ3) is 6.83. The molecule has 0 aliphatic carbocycles. The van der Waals surface area contributed by atoms with E-state index in [4.69, 9.17) is 18.8 Å². The molecule has 0 unspecified atom stereocenters. The third-order valence-corrected chi connectivity index (χ3v) is 6.07. The molecule has 0 aromatic carbocycles. The SMILES string of the molecule is CC(=O)N[C@H]1[C@H]([C@H](O)[C@@H](CO)OS(=O)(=O)O)O[C@@](O[C@@H]2[C@@H](O)[C@H](O)O[C@H](CO)[C@H]2O)(C(=O)O)C[C@@H]1O. The van der Waals surface area contributed by atoms with Crippen molar-refractivity contribution >= 4 is 22.3 Å². The van der Waals surface area contributed by atoms with E-state index in [0.717, 1.165) is 6.92 Å². The number of aliphatic carboxylic acids is 1. The first-order valence-corrected chi connectivity index (χ1v) is 11.7. The summed E-state index contributed by atoms with van der Waals surface area (Å²) in [4.78, 5) is 23.9. The van der Waals surface area contributed by atoms with Crippen LogP contribution in [-0.2, 0) is 38.4 Å². The van der Waals surface area contributed by atoms with E-state index < -0.39 is 109 Å². The summed E-state index contributed by atoms with van der Waals surface area (Å²) in [7, 11) is -5.28. The number of aliphatic hydroxyl groups excluding tert-OH is 7. The fourth-order valence-electron chi connectivity index (χ4n) is 3.91. The lowest BCUT2D eigenvalue weighted by atomic mass is 9.88. The molecule has 0 spiro atoms. The minimum Gasteiger partial charge on any atom is -0.477 e. The fourth-order valence-corrected chi connectivity index (χ4v) is 4.40. The van der Waals surface area contributed by atoms with Crippen LogP contribution >= 0.6 is 0 Å². The van der Waals surface area contributed by atoms with E-state index in [1.807, 2.05) is 0 Å². The lowest BCUT2D eigenvalue weighted by Crippen LogP contribution is -2.70. The average Bonchev–Trinajstić information content (AvgIpc) is 2.77. The van der Waals surface area contributed by atoms with Crippen LogP contribution in [0.25, 0.3) is 0 Å². The van der Waals surface area contributed by atoms with Crippen molar-refractivity contribution in [3.63, 3.8) is 0 Å². The van der Waals surface area contributed by atoms with Crippen LogP contribution in [0, 0.1) is 0 Å². The molecule has 2 rings (SSSR count). The first kappa shape index (κ1) is 30.6. The standard InChI is InChI=1S/C17H29NO17S/c1-5(21)18-9-6(22)2-17(16(27)28,33-13(9)11(24)8(4-20)35-36(29,30)31)34-14-10(23)7(3-19)32-15(26)12(14)25/h6-15,19-20,22-26H,2-4H2,1H3,(H,18,21)(H,27,28)(H,29,30,31)/t6-,7+,8+,9+,10+,11+,12+,13+,14-,15+,17-/m0/s1. The van der Waals surface area contributed by atoms with Gasteiger partial charge < -0.3 is 60.4 Å². The largest absolute Gasteiger partial charge is 0.477 e. The number of nitrogens with one attached hydrogen (secondary N) is 1. The molecule has 10 N–H and O–H groups in total. The predicted octanol–water partition coefficient (Wildman–Crippen LogP) is -6.22. The number of hydrogen-bond acceptors (Lipinski definition) is 15. The number of carboxylic acid groups (broad SMARTS) is 1. The fraction of sp³-hybridized carbons (Fsp3) is 0.882. The number of aliphatic hydroxyl groups is 7. The maximum absolute atomic E-state index is 12.3. The van der Waals surface area contributed by atoms with Gasteiger partial charge in [0.05, 0.1) is 25.4 Å². The zero-order valence-electron chi connectivity index (χ0n) is 18.6. The molecule has 210 valence electrons. The van der Waals surface area contributed by atoms with E-state index in [-0.39, 0.29) is 0 Å². The Bertz CT molecular complexity index is 886. The number of rotatable bonds is 10. The number of hydrogen-bond donors (Lipinski definition) is 10. The van der Waals surface area contributed by atoms with Gasteiger partial charge in [-0.3, -0.25) is 9.35 Å². The molecule has 19 heteroatoms. The molecule has 2 heterocycles. The van der Waals surface area contributed by atoms with Crippen LogP contribution in [0.4, 0.5) is 0 Å². The number of ether oxygens (including phenoxy) is 3. The summed E-state index contributed by atoms with van der Waals surface area (Å²) in [6.07, 6.45) is -19.3. The molecular formula is C17H29NO17S.